The van der Waals surface area contributed by atoms with Crippen molar-refractivity contribution in [1.29, 1.82) is 0 Å². The number of nitrogens with zero attached hydrogens (tertiary/aromatic N) is 1. The van der Waals surface area contributed by atoms with Crippen LogP contribution in [0.5, 0.6) is 0 Å². The van der Waals surface area contributed by atoms with Gasteiger partial charge in [-0.2, -0.15) is 5.10 Å². The van der Waals surface area contributed by atoms with Crippen LogP contribution in [0.15, 0.2) is 17.8 Å². The molecule has 4 heteroatoms. The fourth-order valence-corrected chi connectivity index (χ4v) is 11.0. The van der Waals surface area contributed by atoms with Crippen LogP contribution in [-0.4, -0.2) is 21.3 Å². The van der Waals surface area contributed by atoms with Crippen LogP contribution in [-0.2, 0) is 16.6 Å². The van der Waals surface area contributed by atoms with Crippen LogP contribution in [0.1, 0.15) is 111 Å². The van der Waals surface area contributed by atoms with E-state index in [0.717, 1.165) is 44.9 Å². The molecule has 7 atom stereocenters. The van der Waals surface area contributed by atoms with Gasteiger partial charge in [-0.25, -0.2) is 0 Å². The summed E-state index contributed by atoms with van der Waals surface area (Å²) in [7, 11) is 0. The number of aromatic amines is 1. The number of hydrogen-bond donors (Lipinski definition) is 2. The number of hydrogen-bond acceptors (Lipinski definition) is 2. The SMILES string of the molecule is CC1(C)CC[C@]2(C(=O)O)CC[C@]3(C)C(=CCC4[C@@]5(C)Cc6cn[nH]c6C(C)(C)C5CC[C@]43C)C2C1. The highest BCUT2D eigenvalue weighted by molar-refractivity contribution is 5.76. The molecular formula is C31H46N2O2. The summed E-state index contributed by atoms with van der Waals surface area (Å²) >= 11 is 0. The predicted molar refractivity (Wildman–Crippen MR) is 139 cm³/mol. The first kappa shape index (κ1) is 23.8. The van der Waals surface area contributed by atoms with Crippen molar-refractivity contribution < 1.29 is 9.90 Å². The molecule has 5 aliphatic rings. The van der Waals surface area contributed by atoms with Gasteiger partial charge in [0.1, 0.15) is 0 Å². The molecule has 1 aromatic heterocycles. The van der Waals surface area contributed by atoms with Crippen LogP contribution in [0.2, 0.25) is 0 Å². The second-order valence-electron chi connectivity index (χ2n) is 15.3. The molecule has 1 aromatic rings. The Morgan fingerprint density at radius 2 is 1.71 bits per heavy atom. The van der Waals surface area contributed by atoms with Crippen LogP contribution in [0, 0.1) is 44.8 Å². The van der Waals surface area contributed by atoms with Crippen LogP contribution in [0.3, 0.4) is 0 Å². The topological polar surface area (TPSA) is 66.0 Å². The lowest BCUT2D eigenvalue weighted by Crippen LogP contribution is -2.64. The molecule has 2 N–H and O–H groups in total. The third-order valence-corrected chi connectivity index (χ3v) is 13.1. The number of aliphatic carboxylic acids is 1. The second kappa shape index (κ2) is 6.84. The van der Waals surface area contributed by atoms with E-state index in [1.165, 1.54) is 29.7 Å². The van der Waals surface area contributed by atoms with Crippen LogP contribution in [0.25, 0.3) is 0 Å². The van der Waals surface area contributed by atoms with Gasteiger partial charge in [0.2, 0.25) is 0 Å². The minimum atomic E-state index is -0.552. The average molecular weight is 479 g/mol. The molecule has 35 heavy (non-hydrogen) atoms. The minimum absolute atomic E-state index is 0.0851. The lowest BCUT2D eigenvalue weighted by atomic mass is 9.33. The number of H-pyrrole nitrogens is 1. The summed E-state index contributed by atoms with van der Waals surface area (Å²) < 4.78 is 0. The van der Waals surface area contributed by atoms with Gasteiger partial charge in [0.05, 0.1) is 11.6 Å². The second-order valence-corrected chi connectivity index (χ2v) is 15.3. The zero-order valence-corrected chi connectivity index (χ0v) is 23.1. The van der Waals surface area contributed by atoms with E-state index in [4.69, 9.17) is 0 Å². The Hall–Kier alpha value is -1.58. The number of nitrogens with one attached hydrogen (secondary N) is 1. The largest absolute Gasteiger partial charge is 0.481 e. The number of rotatable bonds is 1. The monoisotopic (exact) mass is 478 g/mol. The summed E-state index contributed by atoms with van der Waals surface area (Å²) in [6, 6.07) is 0. The van der Waals surface area contributed by atoms with Crippen molar-refractivity contribution in [2.45, 2.75) is 112 Å². The summed E-state index contributed by atoms with van der Waals surface area (Å²) in [5.74, 6) is 0.896. The van der Waals surface area contributed by atoms with E-state index in [1.807, 2.05) is 0 Å². The van der Waals surface area contributed by atoms with Gasteiger partial charge in [0, 0.05) is 11.1 Å². The van der Waals surface area contributed by atoms with E-state index < -0.39 is 11.4 Å². The van der Waals surface area contributed by atoms with Crippen LogP contribution < -0.4 is 0 Å². The number of carbonyl (C=O) groups is 1. The highest BCUT2D eigenvalue weighted by Gasteiger charge is 2.69. The Kier molecular flexibility index (Phi) is 4.65. The molecule has 0 aliphatic heterocycles. The normalized spacial score (nSPS) is 47.3. The van der Waals surface area contributed by atoms with E-state index >= 15 is 0 Å². The first-order chi connectivity index (χ1) is 16.2. The van der Waals surface area contributed by atoms with Gasteiger partial charge >= 0.3 is 5.97 Å². The number of carboxylic acid groups (broad SMARTS) is 1. The van der Waals surface area contributed by atoms with E-state index in [9.17, 15) is 9.90 Å². The Labute approximate surface area is 211 Å². The molecule has 0 amide bonds. The zero-order valence-electron chi connectivity index (χ0n) is 23.1. The maximum Gasteiger partial charge on any atom is 0.310 e. The minimum Gasteiger partial charge on any atom is -0.481 e. The number of aromatic nitrogens is 2. The predicted octanol–water partition coefficient (Wildman–Crippen LogP) is 7.31. The Morgan fingerprint density at radius 3 is 2.43 bits per heavy atom. The molecule has 5 aliphatic carbocycles. The molecule has 3 saturated carbocycles. The molecule has 0 aromatic carbocycles. The molecule has 0 radical (unpaired) electrons. The summed E-state index contributed by atoms with van der Waals surface area (Å²) in [5.41, 5.74) is 4.58. The van der Waals surface area contributed by atoms with Crippen molar-refractivity contribution in [2.75, 3.05) is 0 Å². The molecule has 192 valence electrons. The molecule has 0 spiro atoms. The van der Waals surface area contributed by atoms with E-state index in [-0.39, 0.29) is 33.0 Å². The molecule has 6 rings (SSSR count). The van der Waals surface area contributed by atoms with Crippen molar-refractivity contribution in [3.8, 4) is 0 Å². The van der Waals surface area contributed by atoms with Crippen molar-refractivity contribution in [1.82, 2.24) is 10.2 Å². The summed E-state index contributed by atoms with van der Waals surface area (Å²) in [5, 5.41) is 18.4. The molecule has 3 unspecified atom stereocenters. The Morgan fingerprint density at radius 1 is 1.00 bits per heavy atom. The Balaban J connectivity index is 1.47. The maximum atomic E-state index is 12.8. The maximum absolute atomic E-state index is 12.8. The Bertz CT molecular complexity index is 1110. The molecule has 4 nitrogen and oxygen atoms in total. The highest BCUT2D eigenvalue weighted by Crippen LogP contribution is 2.75. The van der Waals surface area contributed by atoms with Gasteiger partial charge in [-0.3, -0.25) is 9.89 Å². The highest BCUT2D eigenvalue weighted by atomic mass is 16.4. The van der Waals surface area contributed by atoms with Crippen molar-refractivity contribution in [3.05, 3.63) is 29.1 Å². The fourth-order valence-electron chi connectivity index (χ4n) is 11.0. The zero-order chi connectivity index (χ0) is 25.2. The van der Waals surface area contributed by atoms with Gasteiger partial charge < -0.3 is 5.11 Å². The third kappa shape index (κ3) is 2.75. The molecule has 0 bridgehead atoms. The summed E-state index contributed by atoms with van der Waals surface area (Å²) in [6.07, 6.45) is 14.1. The quantitative estimate of drug-likeness (QED) is 0.416. The van der Waals surface area contributed by atoms with E-state index in [2.05, 4.69) is 70.9 Å². The van der Waals surface area contributed by atoms with Crippen molar-refractivity contribution in [2.24, 2.45) is 44.8 Å². The molecule has 1 heterocycles. The molecule has 0 saturated heterocycles. The number of carboxylic acids is 1. The van der Waals surface area contributed by atoms with E-state index in [0.29, 0.717) is 11.8 Å². The van der Waals surface area contributed by atoms with Gasteiger partial charge in [-0.1, -0.05) is 60.1 Å². The summed E-state index contributed by atoms with van der Waals surface area (Å²) in [6.45, 7) is 17.3. The molecule has 3 fully saturated rings. The smallest absolute Gasteiger partial charge is 0.310 e. The van der Waals surface area contributed by atoms with Gasteiger partial charge in [-0.05, 0) is 103 Å². The lowest BCUT2D eigenvalue weighted by Gasteiger charge is -2.70. The number of allylic oxidation sites excluding steroid dienone is 2. The van der Waals surface area contributed by atoms with Gasteiger partial charge in [-0.15, -0.1) is 0 Å². The van der Waals surface area contributed by atoms with Gasteiger partial charge in [0.15, 0.2) is 0 Å². The summed E-state index contributed by atoms with van der Waals surface area (Å²) in [4.78, 5) is 12.8. The van der Waals surface area contributed by atoms with Crippen molar-refractivity contribution >= 4 is 5.97 Å². The van der Waals surface area contributed by atoms with Crippen molar-refractivity contribution in [3.63, 3.8) is 0 Å². The van der Waals surface area contributed by atoms with Gasteiger partial charge in [0.25, 0.3) is 0 Å². The lowest BCUT2D eigenvalue weighted by molar-refractivity contribution is -0.177. The van der Waals surface area contributed by atoms with Crippen LogP contribution >= 0.6 is 0 Å². The average Bonchev–Trinajstić information content (AvgIpc) is 3.22. The first-order valence-corrected chi connectivity index (χ1v) is 14.2. The number of fused-ring (bicyclic) bond motifs is 8. The fraction of sp³-hybridized carbons (Fsp3) is 0.806. The standard InChI is InChI=1S/C31H46N2O2/c1-26(2)12-14-31(25(34)35)15-13-29(6)20(21(31)17-26)8-9-23-28(5)16-19-18-32-33-24(19)27(3,4)22(28)10-11-30(23,29)7/h8,18,21-23H,9-17H2,1-7H3,(H,32,33)(H,34,35)/t21?,22?,23?,28-,29+,30+,31-/m0/s1. The first-order valence-electron chi connectivity index (χ1n) is 14.2. The molecular weight excluding hydrogens is 432 g/mol. The van der Waals surface area contributed by atoms with E-state index in [1.54, 1.807) is 0 Å². The van der Waals surface area contributed by atoms with Crippen LogP contribution in [0.4, 0.5) is 0 Å². The third-order valence-electron chi connectivity index (χ3n) is 13.1.